The fraction of sp³-hybridized carbons (Fsp3) is 0.429. The van der Waals surface area contributed by atoms with Crippen LogP contribution in [0.1, 0.15) is 24.2 Å². The zero-order valence-electron chi connectivity index (χ0n) is 11.6. The maximum atomic E-state index is 5.34. The molecule has 0 aliphatic heterocycles. The van der Waals surface area contributed by atoms with Crippen LogP contribution in [0.5, 0.6) is 5.75 Å². The largest absolute Gasteiger partial charge is 0.496 e. The van der Waals surface area contributed by atoms with Crippen molar-refractivity contribution in [1.29, 1.82) is 0 Å². The van der Waals surface area contributed by atoms with Crippen molar-refractivity contribution >= 4 is 0 Å². The van der Waals surface area contributed by atoms with E-state index in [2.05, 4.69) is 21.1 Å². The highest BCUT2D eigenvalue weighted by molar-refractivity contribution is 5.32. The highest BCUT2D eigenvalue weighted by Crippen LogP contribution is 2.19. The van der Waals surface area contributed by atoms with Gasteiger partial charge in [-0.1, -0.05) is 30.3 Å². The van der Waals surface area contributed by atoms with Crippen molar-refractivity contribution in [1.82, 2.24) is 15.0 Å². The van der Waals surface area contributed by atoms with Crippen LogP contribution < -0.4 is 4.74 Å². The lowest BCUT2D eigenvalue weighted by Crippen LogP contribution is -2.18. The molecule has 1 aromatic carbocycles. The van der Waals surface area contributed by atoms with Crippen LogP contribution in [0.3, 0.4) is 0 Å². The first-order valence-corrected chi connectivity index (χ1v) is 6.34. The predicted octanol–water partition coefficient (Wildman–Crippen LogP) is 2.27. The predicted molar refractivity (Wildman–Crippen MR) is 71.8 cm³/mol. The summed E-state index contributed by atoms with van der Waals surface area (Å²) in [4.78, 5) is 6.42. The normalized spacial score (nSPS) is 10.9. The third-order valence-corrected chi connectivity index (χ3v) is 2.86. The van der Waals surface area contributed by atoms with Gasteiger partial charge in [0.05, 0.1) is 13.7 Å². The molecule has 0 radical (unpaired) electrons. The highest BCUT2D eigenvalue weighted by atomic mass is 16.5. The monoisotopic (exact) mass is 261 g/mol. The van der Waals surface area contributed by atoms with Crippen LogP contribution in [0.25, 0.3) is 0 Å². The van der Waals surface area contributed by atoms with E-state index in [1.165, 1.54) is 0 Å². The number of benzene rings is 1. The number of hydrogen-bond acceptors (Lipinski definition) is 5. The topological polar surface area (TPSA) is 51.4 Å². The number of hydrogen-bond donors (Lipinski definition) is 0. The third kappa shape index (κ3) is 3.54. The summed E-state index contributed by atoms with van der Waals surface area (Å²) in [5.74, 6) is 2.30. The molecular weight excluding hydrogens is 242 g/mol. The number of ether oxygens (including phenoxy) is 1. The van der Waals surface area contributed by atoms with E-state index in [-0.39, 0.29) is 0 Å². The zero-order chi connectivity index (χ0) is 13.7. The Hall–Kier alpha value is -1.88. The van der Waals surface area contributed by atoms with Crippen molar-refractivity contribution in [2.45, 2.75) is 26.4 Å². The van der Waals surface area contributed by atoms with Crippen LogP contribution in [-0.4, -0.2) is 29.2 Å². The summed E-state index contributed by atoms with van der Waals surface area (Å²) in [5, 5.41) is 3.89. The molecule has 2 rings (SSSR count). The Balaban J connectivity index is 1.98. The number of para-hydroxylation sites is 1. The summed E-state index contributed by atoms with van der Waals surface area (Å²) >= 11 is 0. The number of aryl methyl sites for hydroxylation is 1. The molecule has 0 fully saturated rings. The zero-order valence-corrected chi connectivity index (χ0v) is 11.6. The fourth-order valence-electron chi connectivity index (χ4n) is 1.91. The van der Waals surface area contributed by atoms with Crippen molar-refractivity contribution < 1.29 is 9.26 Å². The second kappa shape index (κ2) is 6.33. The van der Waals surface area contributed by atoms with E-state index < -0.39 is 0 Å². The minimum Gasteiger partial charge on any atom is -0.496 e. The molecule has 0 bridgehead atoms. The Kier molecular flexibility index (Phi) is 4.52. The summed E-state index contributed by atoms with van der Waals surface area (Å²) in [6.07, 6.45) is 0.791. The van der Waals surface area contributed by atoms with E-state index in [1.54, 1.807) is 7.11 Å². The molecule has 1 heterocycles. The summed E-state index contributed by atoms with van der Waals surface area (Å²) in [6, 6.07) is 7.99. The summed E-state index contributed by atoms with van der Waals surface area (Å²) < 4.78 is 10.5. The van der Waals surface area contributed by atoms with Gasteiger partial charge in [0.2, 0.25) is 5.89 Å². The molecule has 0 unspecified atom stereocenters. The summed E-state index contributed by atoms with van der Waals surface area (Å²) in [5.41, 5.74) is 1.14. The third-order valence-electron chi connectivity index (χ3n) is 2.86. The molecule has 5 nitrogen and oxygen atoms in total. The molecule has 0 saturated heterocycles. The van der Waals surface area contributed by atoms with Crippen LogP contribution in [-0.2, 0) is 19.5 Å². The van der Waals surface area contributed by atoms with Crippen LogP contribution >= 0.6 is 0 Å². The van der Waals surface area contributed by atoms with Gasteiger partial charge in [0, 0.05) is 18.5 Å². The number of aromatic nitrogens is 2. The smallest absolute Gasteiger partial charge is 0.240 e. The van der Waals surface area contributed by atoms with Gasteiger partial charge in [0.25, 0.3) is 0 Å². The molecule has 0 spiro atoms. The van der Waals surface area contributed by atoms with Crippen molar-refractivity contribution in [3.8, 4) is 5.75 Å². The maximum absolute atomic E-state index is 5.34. The number of methoxy groups -OCH3 is 1. The van der Waals surface area contributed by atoms with E-state index in [0.29, 0.717) is 12.4 Å². The molecule has 0 N–H and O–H groups in total. The SMILES string of the molecule is CCc1noc(CN(C)Cc2ccccc2OC)n1. The molecule has 5 heteroatoms. The molecule has 0 aliphatic carbocycles. The molecule has 19 heavy (non-hydrogen) atoms. The Morgan fingerprint density at radius 2 is 2.05 bits per heavy atom. The van der Waals surface area contributed by atoms with E-state index >= 15 is 0 Å². The van der Waals surface area contributed by atoms with Crippen molar-refractivity contribution in [3.05, 3.63) is 41.5 Å². The summed E-state index contributed by atoms with van der Waals surface area (Å²) in [7, 11) is 3.70. The van der Waals surface area contributed by atoms with Gasteiger partial charge in [0.1, 0.15) is 5.75 Å². The van der Waals surface area contributed by atoms with Crippen LogP contribution in [0, 0.1) is 0 Å². The van der Waals surface area contributed by atoms with Crippen LogP contribution in [0.4, 0.5) is 0 Å². The first-order chi connectivity index (χ1) is 9.22. The quantitative estimate of drug-likeness (QED) is 0.798. The average Bonchev–Trinajstić information content (AvgIpc) is 2.87. The fourth-order valence-corrected chi connectivity index (χ4v) is 1.91. The molecule has 0 amide bonds. The van der Waals surface area contributed by atoms with Crippen molar-refractivity contribution in [3.63, 3.8) is 0 Å². The van der Waals surface area contributed by atoms with Crippen molar-refractivity contribution in [2.75, 3.05) is 14.2 Å². The lowest BCUT2D eigenvalue weighted by Gasteiger charge is -2.16. The molecular formula is C14H19N3O2. The van der Waals surface area contributed by atoms with E-state index in [9.17, 15) is 0 Å². The lowest BCUT2D eigenvalue weighted by atomic mass is 10.2. The van der Waals surface area contributed by atoms with E-state index in [4.69, 9.17) is 9.26 Å². The molecule has 2 aromatic rings. The van der Waals surface area contributed by atoms with Crippen LogP contribution in [0.2, 0.25) is 0 Å². The van der Waals surface area contributed by atoms with E-state index in [0.717, 1.165) is 30.1 Å². The molecule has 102 valence electrons. The maximum Gasteiger partial charge on any atom is 0.240 e. The van der Waals surface area contributed by atoms with Gasteiger partial charge >= 0.3 is 0 Å². The molecule has 0 atom stereocenters. The Morgan fingerprint density at radius 3 is 2.74 bits per heavy atom. The summed E-state index contributed by atoms with van der Waals surface area (Å²) in [6.45, 7) is 3.41. The van der Waals surface area contributed by atoms with Crippen molar-refractivity contribution in [2.24, 2.45) is 0 Å². The Labute approximate surface area is 113 Å². The van der Waals surface area contributed by atoms with Gasteiger partial charge in [0.15, 0.2) is 5.82 Å². The van der Waals surface area contributed by atoms with Gasteiger partial charge in [-0.25, -0.2) is 0 Å². The first kappa shape index (κ1) is 13.5. The van der Waals surface area contributed by atoms with Gasteiger partial charge < -0.3 is 9.26 Å². The minimum absolute atomic E-state index is 0.630. The molecule has 1 aromatic heterocycles. The van der Waals surface area contributed by atoms with Crippen LogP contribution in [0.15, 0.2) is 28.8 Å². The second-order valence-electron chi connectivity index (χ2n) is 4.44. The Bertz CT molecular complexity index is 525. The first-order valence-electron chi connectivity index (χ1n) is 6.34. The Morgan fingerprint density at radius 1 is 1.26 bits per heavy atom. The van der Waals surface area contributed by atoms with Gasteiger partial charge in [-0.2, -0.15) is 4.98 Å². The van der Waals surface area contributed by atoms with Gasteiger partial charge in [-0.05, 0) is 13.1 Å². The second-order valence-corrected chi connectivity index (χ2v) is 4.44. The standard InChI is InChI=1S/C14H19N3O2/c1-4-13-15-14(19-16-13)10-17(2)9-11-7-5-6-8-12(11)18-3/h5-8H,4,9-10H2,1-3H3. The minimum atomic E-state index is 0.630. The van der Waals surface area contributed by atoms with Gasteiger partial charge in [-0.3, -0.25) is 4.90 Å². The molecule has 0 aliphatic rings. The average molecular weight is 261 g/mol. The number of rotatable bonds is 6. The van der Waals surface area contributed by atoms with Gasteiger partial charge in [-0.15, -0.1) is 0 Å². The molecule has 0 saturated carbocycles. The lowest BCUT2D eigenvalue weighted by molar-refractivity contribution is 0.257. The highest BCUT2D eigenvalue weighted by Gasteiger charge is 2.10. The number of nitrogens with zero attached hydrogens (tertiary/aromatic N) is 3. The van der Waals surface area contributed by atoms with E-state index in [1.807, 2.05) is 32.2 Å².